The molecule has 2 aromatic rings. The lowest BCUT2D eigenvalue weighted by Crippen LogP contribution is -2.38. The van der Waals surface area contributed by atoms with Gasteiger partial charge in [-0.05, 0) is 18.9 Å². The summed E-state index contributed by atoms with van der Waals surface area (Å²) in [5.74, 6) is 0.800. The number of anilines is 3. The first kappa shape index (κ1) is 17.6. The van der Waals surface area contributed by atoms with Crippen LogP contribution in [-0.2, 0) is 0 Å². The van der Waals surface area contributed by atoms with Crippen LogP contribution in [-0.4, -0.2) is 53.9 Å². The fourth-order valence-electron chi connectivity index (χ4n) is 3.10. The van der Waals surface area contributed by atoms with E-state index in [2.05, 4.69) is 19.7 Å². The number of nitrogen functional groups attached to an aromatic ring is 1. The van der Waals surface area contributed by atoms with Gasteiger partial charge in [-0.25, -0.2) is 14.4 Å². The van der Waals surface area contributed by atoms with E-state index in [0.29, 0.717) is 36.0 Å². The van der Waals surface area contributed by atoms with Gasteiger partial charge in [-0.1, -0.05) is 0 Å². The van der Waals surface area contributed by atoms with E-state index >= 15 is 0 Å². The molecule has 1 atom stereocenters. The van der Waals surface area contributed by atoms with Crippen molar-refractivity contribution in [1.29, 1.82) is 0 Å². The van der Waals surface area contributed by atoms with Crippen LogP contribution in [0, 0.1) is 0 Å². The van der Waals surface area contributed by atoms with Gasteiger partial charge in [-0.2, -0.15) is 13.8 Å². The van der Waals surface area contributed by atoms with Gasteiger partial charge in [0.2, 0.25) is 5.95 Å². The topological polar surface area (TPSA) is 80.4 Å². The van der Waals surface area contributed by atoms with Crippen LogP contribution < -0.4 is 20.3 Å². The molecule has 4 heterocycles. The molecular formula is C17H19F3N6O. The summed E-state index contributed by atoms with van der Waals surface area (Å²) >= 11 is 0. The SMILES string of the molecule is Nc1ncc(-c2cc(N3CC[C@@H](F)C3)nc(N3CCC3)n2)cc1OC(F)F. The van der Waals surface area contributed by atoms with E-state index in [1.807, 2.05) is 9.80 Å². The number of hydrogen-bond acceptors (Lipinski definition) is 7. The molecule has 0 radical (unpaired) electrons. The molecular weight excluding hydrogens is 361 g/mol. The Hall–Kier alpha value is -2.78. The third kappa shape index (κ3) is 3.69. The molecule has 7 nitrogen and oxygen atoms in total. The number of alkyl halides is 3. The summed E-state index contributed by atoms with van der Waals surface area (Å²) in [6, 6.07) is 3.09. The fraction of sp³-hybridized carbons (Fsp3) is 0.471. The van der Waals surface area contributed by atoms with Gasteiger partial charge in [0, 0.05) is 37.5 Å². The molecule has 2 N–H and O–H groups in total. The van der Waals surface area contributed by atoms with Crippen LogP contribution in [0.1, 0.15) is 12.8 Å². The van der Waals surface area contributed by atoms with Crippen LogP contribution in [0.5, 0.6) is 5.75 Å². The van der Waals surface area contributed by atoms with Gasteiger partial charge in [0.05, 0.1) is 12.2 Å². The maximum absolute atomic E-state index is 13.6. The average Bonchev–Trinajstić information content (AvgIpc) is 3.01. The highest BCUT2D eigenvalue weighted by atomic mass is 19.3. The van der Waals surface area contributed by atoms with Crippen LogP contribution >= 0.6 is 0 Å². The van der Waals surface area contributed by atoms with E-state index in [1.165, 1.54) is 12.3 Å². The Morgan fingerprint density at radius 2 is 1.96 bits per heavy atom. The number of hydrogen-bond donors (Lipinski definition) is 1. The summed E-state index contributed by atoms with van der Waals surface area (Å²) in [5.41, 5.74) is 6.58. The van der Waals surface area contributed by atoms with Crippen molar-refractivity contribution in [2.45, 2.75) is 25.6 Å². The largest absolute Gasteiger partial charge is 0.431 e. The molecule has 0 spiro atoms. The summed E-state index contributed by atoms with van der Waals surface area (Å²) < 4.78 is 43.2. The van der Waals surface area contributed by atoms with Crippen LogP contribution in [0.15, 0.2) is 18.3 Å². The first-order chi connectivity index (χ1) is 13.0. The predicted molar refractivity (Wildman–Crippen MR) is 94.9 cm³/mol. The van der Waals surface area contributed by atoms with Crippen molar-refractivity contribution in [1.82, 2.24) is 15.0 Å². The van der Waals surface area contributed by atoms with E-state index in [-0.39, 0.29) is 18.1 Å². The highest BCUT2D eigenvalue weighted by Gasteiger charge is 2.26. The quantitative estimate of drug-likeness (QED) is 0.854. The second-order valence-corrected chi connectivity index (χ2v) is 6.57. The van der Waals surface area contributed by atoms with Crippen molar-refractivity contribution in [2.75, 3.05) is 41.7 Å². The second kappa shape index (κ2) is 7.09. The average molecular weight is 380 g/mol. The Morgan fingerprint density at radius 1 is 1.15 bits per heavy atom. The van der Waals surface area contributed by atoms with Gasteiger partial charge in [-0.15, -0.1) is 0 Å². The standard InChI is InChI=1S/C17H19F3N6O/c18-11-2-5-26(9-11)14-7-12(23-17(24-14)25-3-1-4-25)10-6-13(27-16(19)20)15(21)22-8-10/h6-8,11,16H,1-5,9H2,(H2,21,22)/t11-/m1/s1. The third-order valence-electron chi connectivity index (χ3n) is 4.69. The molecule has 144 valence electrons. The van der Waals surface area contributed by atoms with Gasteiger partial charge < -0.3 is 20.3 Å². The molecule has 2 aliphatic heterocycles. The highest BCUT2D eigenvalue weighted by Crippen LogP contribution is 2.32. The van der Waals surface area contributed by atoms with Crippen molar-refractivity contribution in [3.05, 3.63) is 18.3 Å². The number of halogens is 3. The summed E-state index contributed by atoms with van der Waals surface area (Å²) in [6.45, 7) is -0.483. The van der Waals surface area contributed by atoms with Gasteiger partial charge in [-0.3, -0.25) is 0 Å². The predicted octanol–water partition coefficient (Wildman–Crippen LogP) is 2.48. The lowest BCUT2D eigenvalue weighted by atomic mass is 10.2. The molecule has 10 heteroatoms. The van der Waals surface area contributed by atoms with E-state index in [4.69, 9.17) is 5.73 Å². The summed E-state index contributed by atoms with van der Waals surface area (Å²) in [7, 11) is 0. The molecule has 0 unspecified atom stereocenters. The van der Waals surface area contributed by atoms with Crippen LogP contribution in [0.3, 0.4) is 0 Å². The monoisotopic (exact) mass is 380 g/mol. The normalized spacial score (nSPS) is 19.5. The van der Waals surface area contributed by atoms with Crippen LogP contribution in [0.4, 0.5) is 30.8 Å². The Balaban J connectivity index is 1.73. The number of rotatable bonds is 5. The Labute approximate surface area is 154 Å². The molecule has 2 saturated heterocycles. The van der Waals surface area contributed by atoms with Crippen LogP contribution in [0.2, 0.25) is 0 Å². The molecule has 0 amide bonds. The number of nitrogens with zero attached hydrogens (tertiary/aromatic N) is 5. The first-order valence-electron chi connectivity index (χ1n) is 8.73. The number of pyridine rings is 1. The number of nitrogens with two attached hydrogens (primary N) is 1. The number of aromatic nitrogens is 3. The zero-order chi connectivity index (χ0) is 19.0. The van der Waals surface area contributed by atoms with Gasteiger partial charge in [0.1, 0.15) is 12.0 Å². The van der Waals surface area contributed by atoms with Gasteiger partial charge in [0.25, 0.3) is 0 Å². The Bertz CT molecular complexity index is 832. The lowest BCUT2D eigenvalue weighted by Gasteiger charge is -2.32. The minimum atomic E-state index is -3.01. The minimum absolute atomic E-state index is 0.129. The maximum atomic E-state index is 13.6. The zero-order valence-electron chi connectivity index (χ0n) is 14.5. The van der Waals surface area contributed by atoms with Crippen molar-refractivity contribution >= 4 is 17.6 Å². The zero-order valence-corrected chi connectivity index (χ0v) is 14.5. The molecule has 0 aromatic carbocycles. The molecule has 4 rings (SSSR count). The van der Waals surface area contributed by atoms with Crippen molar-refractivity contribution in [3.8, 4) is 17.0 Å². The molecule has 27 heavy (non-hydrogen) atoms. The van der Waals surface area contributed by atoms with E-state index in [0.717, 1.165) is 19.5 Å². The van der Waals surface area contributed by atoms with Gasteiger partial charge >= 0.3 is 6.61 Å². The second-order valence-electron chi connectivity index (χ2n) is 6.57. The Kier molecular flexibility index (Phi) is 4.63. The van der Waals surface area contributed by atoms with E-state index in [9.17, 15) is 13.2 Å². The lowest BCUT2D eigenvalue weighted by molar-refractivity contribution is -0.0494. The number of ether oxygens (including phenoxy) is 1. The molecule has 2 fully saturated rings. The minimum Gasteiger partial charge on any atom is -0.431 e. The van der Waals surface area contributed by atoms with E-state index < -0.39 is 12.8 Å². The molecule has 2 aromatic heterocycles. The van der Waals surface area contributed by atoms with Crippen LogP contribution in [0.25, 0.3) is 11.3 Å². The Morgan fingerprint density at radius 3 is 2.59 bits per heavy atom. The molecule has 0 aliphatic carbocycles. The van der Waals surface area contributed by atoms with Gasteiger partial charge in [0.15, 0.2) is 11.6 Å². The highest BCUT2D eigenvalue weighted by molar-refractivity contribution is 5.68. The molecule has 2 aliphatic rings. The van der Waals surface area contributed by atoms with Crippen molar-refractivity contribution in [2.24, 2.45) is 0 Å². The third-order valence-corrected chi connectivity index (χ3v) is 4.69. The summed E-state index contributed by atoms with van der Waals surface area (Å²) in [5, 5.41) is 0. The molecule has 0 bridgehead atoms. The van der Waals surface area contributed by atoms with Crippen molar-refractivity contribution < 1.29 is 17.9 Å². The smallest absolute Gasteiger partial charge is 0.387 e. The maximum Gasteiger partial charge on any atom is 0.387 e. The van der Waals surface area contributed by atoms with E-state index in [1.54, 1.807) is 6.07 Å². The molecule has 0 saturated carbocycles. The first-order valence-corrected chi connectivity index (χ1v) is 8.73. The van der Waals surface area contributed by atoms with Crippen molar-refractivity contribution in [3.63, 3.8) is 0 Å². The summed E-state index contributed by atoms with van der Waals surface area (Å²) in [6.07, 6.45) is 2.06. The summed E-state index contributed by atoms with van der Waals surface area (Å²) in [4.78, 5) is 16.9. The fourth-order valence-corrected chi connectivity index (χ4v) is 3.10.